The predicted molar refractivity (Wildman–Crippen MR) is 201 cm³/mol. The molecule has 216 valence electrons. The van der Waals surface area contributed by atoms with Crippen molar-refractivity contribution < 1.29 is 0 Å². The number of para-hydroxylation sites is 2. The minimum atomic E-state index is 1.24. The molecule has 0 saturated heterocycles. The smallest absolute Gasteiger partial charge is 0.0620 e. The van der Waals surface area contributed by atoms with E-state index in [0.717, 1.165) is 0 Å². The SMILES string of the molecule is c1ccc(-c2ccc(-c3ccc4ccc5c(-c6cc7c8ccccc8n8c9ccccc9c(c6)c78)ccc6ccc3c4c65)cc2)cc1. The molecule has 2 heterocycles. The highest BCUT2D eigenvalue weighted by Gasteiger charge is 2.20. The Bertz CT molecular complexity index is 2900. The van der Waals surface area contributed by atoms with Gasteiger partial charge in [-0.25, -0.2) is 0 Å². The molecule has 0 spiro atoms. The fraction of sp³-hybridized carbons (Fsp3) is 0. The molecule has 0 aliphatic rings. The van der Waals surface area contributed by atoms with Crippen molar-refractivity contribution in [2.45, 2.75) is 0 Å². The maximum atomic E-state index is 2.46. The molecule has 0 radical (unpaired) electrons. The summed E-state index contributed by atoms with van der Waals surface area (Å²) in [5.74, 6) is 0. The van der Waals surface area contributed by atoms with Gasteiger partial charge in [-0.3, -0.25) is 0 Å². The molecule has 11 aromatic rings. The van der Waals surface area contributed by atoms with Crippen LogP contribution in [0.1, 0.15) is 0 Å². The zero-order valence-corrected chi connectivity index (χ0v) is 25.5. The van der Waals surface area contributed by atoms with E-state index in [0.29, 0.717) is 0 Å². The van der Waals surface area contributed by atoms with Crippen molar-refractivity contribution in [3.8, 4) is 33.4 Å². The van der Waals surface area contributed by atoms with Gasteiger partial charge in [0.25, 0.3) is 0 Å². The summed E-state index contributed by atoms with van der Waals surface area (Å²) in [4.78, 5) is 0. The number of fused-ring (bicyclic) bond motifs is 6. The number of hydrogen-bond donors (Lipinski definition) is 0. The van der Waals surface area contributed by atoms with Gasteiger partial charge in [-0.15, -0.1) is 0 Å². The van der Waals surface area contributed by atoms with E-state index in [9.17, 15) is 0 Å². The molecule has 11 rings (SSSR count). The summed E-state index contributed by atoms with van der Waals surface area (Å²) >= 11 is 0. The van der Waals surface area contributed by atoms with Crippen LogP contribution >= 0.6 is 0 Å². The molecule has 0 atom stereocenters. The molecule has 0 aliphatic heterocycles. The van der Waals surface area contributed by atoms with E-state index in [-0.39, 0.29) is 0 Å². The van der Waals surface area contributed by atoms with Gasteiger partial charge in [-0.2, -0.15) is 0 Å². The van der Waals surface area contributed by atoms with Crippen LogP contribution in [0.5, 0.6) is 0 Å². The van der Waals surface area contributed by atoms with E-state index in [1.54, 1.807) is 0 Å². The predicted octanol–water partition coefficient (Wildman–Crippen LogP) is 12.7. The second-order valence-electron chi connectivity index (χ2n) is 12.9. The quantitative estimate of drug-likeness (QED) is 0.180. The molecule has 1 heteroatoms. The third kappa shape index (κ3) is 3.38. The first-order chi connectivity index (χ1) is 23.3. The fourth-order valence-electron chi connectivity index (χ4n) is 8.38. The topological polar surface area (TPSA) is 4.41 Å². The second kappa shape index (κ2) is 9.19. The Morgan fingerprint density at radius 1 is 0.298 bits per heavy atom. The zero-order chi connectivity index (χ0) is 30.6. The van der Waals surface area contributed by atoms with Crippen LogP contribution in [0.2, 0.25) is 0 Å². The van der Waals surface area contributed by atoms with Gasteiger partial charge in [0.15, 0.2) is 0 Å². The molecule has 0 fully saturated rings. The minimum Gasteiger partial charge on any atom is -0.308 e. The summed E-state index contributed by atoms with van der Waals surface area (Å²) in [6.45, 7) is 0. The van der Waals surface area contributed by atoms with Gasteiger partial charge in [-0.05, 0) is 90.0 Å². The van der Waals surface area contributed by atoms with E-state index in [1.165, 1.54) is 104 Å². The number of aromatic nitrogens is 1. The largest absolute Gasteiger partial charge is 0.308 e. The standard InChI is InChI=1S/C46H27N/c1-2-8-28(9-3-1)29-14-16-30(17-15-29)34-22-18-31-21-25-39-35(23-19-32-20-24-38(34)44(31)45(32)39)33-26-40-36-10-4-6-12-42(36)47-43-13-7-5-11-37(43)41(27-33)46(40)47/h1-27H. The summed E-state index contributed by atoms with van der Waals surface area (Å²) in [5.41, 5.74) is 11.4. The summed E-state index contributed by atoms with van der Waals surface area (Å²) < 4.78 is 2.46. The van der Waals surface area contributed by atoms with E-state index >= 15 is 0 Å². The average Bonchev–Trinajstić information content (AvgIpc) is 3.66. The number of benzene rings is 9. The van der Waals surface area contributed by atoms with Crippen LogP contribution in [0.15, 0.2) is 164 Å². The van der Waals surface area contributed by atoms with E-state index in [1.807, 2.05) is 0 Å². The average molecular weight is 594 g/mol. The van der Waals surface area contributed by atoms with E-state index < -0.39 is 0 Å². The molecule has 1 nitrogen and oxygen atoms in total. The van der Waals surface area contributed by atoms with Gasteiger partial charge in [0.05, 0.1) is 16.6 Å². The highest BCUT2D eigenvalue weighted by molar-refractivity contribution is 6.29. The Morgan fingerprint density at radius 2 is 0.766 bits per heavy atom. The summed E-state index contributed by atoms with van der Waals surface area (Å²) in [6, 6.07) is 60.7. The molecule has 9 aromatic carbocycles. The van der Waals surface area contributed by atoms with Crippen LogP contribution < -0.4 is 0 Å². The van der Waals surface area contributed by atoms with Gasteiger partial charge < -0.3 is 4.40 Å². The van der Waals surface area contributed by atoms with Gasteiger partial charge in [0.1, 0.15) is 0 Å². The van der Waals surface area contributed by atoms with Crippen LogP contribution in [0.25, 0.3) is 104 Å². The van der Waals surface area contributed by atoms with Gasteiger partial charge in [-0.1, -0.05) is 140 Å². The molecular weight excluding hydrogens is 567 g/mol. The summed E-state index contributed by atoms with van der Waals surface area (Å²) in [6.07, 6.45) is 0. The lowest BCUT2D eigenvalue weighted by molar-refractivity contribution is 1.37. The van der Waals surface area contributed by atoms with Gasteiger partial charge >= 0.3 is 0 Å². The maximum Gasteiger partial charge on any atom is 0.0620 e. The molecule has 2 aromatic heterocycles. The van der Waals surface area contributed by atoms with Crippen molar-refractivity contribution in [1.82, 2.24) is 4.40 Å². The molecule has 47 heavy (non-hydrogen) atoms. The summed E-state index contributed by atoms with van der Waals surface area (Å²) in [5, 5.41) is 13.1. The Labute approximate surface area is 271 Å². The number of rotatable bonds is 3. The van der Waals surface area contributed by atoms with Crippen molar-refractivity contribution in [3.63, 3.8) is 0 Å². The van der Waals surface area contributed by atoms with E-state index in [2.05, 4.69) is 168 Å². The Balaban J connectivity index is 1.16. The molecule has 0 saturated carbocycles. The Hall–Kier alpha value is -6.18. The molecule has 0 N–H and O–H groups in total. The lowest BCUT2D eigenvalue weighted by Gasteiger charge is -2.17. The van der Waals surface area contributed by atoms with E-state index in [4.69, 9.17) is 0 Å². The maximum absolute atomic E-state index is 2.46. The fourth-order valence-corrected chi connectivity index (χ4v) is 8.38. The van der Waals surface area contributed by atoms with Crippen molar-refractivity contribution in [2.24, 2.45) is 0 Å². The third-order valence-electron chi connectivity index (χ3n) is 10.5. The lowest BCUT2D eigenvalue weighted by atomic mass is 9.86. The van der Waals surface area contributed by atoms with Crippen LogP contribution in [-0.4, -0.2) is 4.40 Å². The van der Waals surface area contributed by atoms with Crippen molar-refractivity contribution in [2.75, 3.05) is 0 Å². The van der Waals surface area contributed by atoms with Gasteiger partial charge in [0, 0.05) is 21.5 Å². The first-order valence-corrected chi connectivity index (χ1v) is 16.4. The van der Waals surface area contributed by atoms with Crippen LogP contribution in [0, 0.1) is 0 Å². The number of hydrogen-bond acceptors (Lipinski definition) is 0. The molecule has 0 amide bonds. The molecular formula is C46H27N. The Kier molecular flexibility index (Phi) is 4.90. The van der Waals surface area contributed by atoms with Crippen LogP contribution in [-0.2, 0) is 0 Å². The number of nitrogens with zero attached hydrogens (tertiary/aromatic N) is 1. The second-order valence-corrected chi connectivity index (χ2v) is 12.9. The van der Waals surface area contributed by atoms with Crippen molar-refractivity contribution in [3.05, 3.63) is 164 Å². The normalized spacial score (nSPS) is 12.3. The van der Waals surface area contributed by atoms with Crippen LogP contribution in [0.4, 0.5) is 0 Å². The monoisotopic (exact) mass is 593 g/mol. The molecule has 0 unspecified atom stereocenters. The van der Waals surface area contributed by atoms with Crippen LogP contribution in [0.3, 0.4) is 0 Å². The van der Waals surface area contributed by atoms with Gasteiger partial charge in [0.2, 0.25) is 0 Å². The Morgan fingerprint density at radius 3 is 1.36 bits per heavy atom. The third-order valence-corrected chi connectivity index (χ3v) is 10.5. The lowest BCUT2D eigenvalue weighted by Crippen LogP contribution is -1.90. The zero-order valence-electron chi connectivity index (χ0n) is 25.5. The first-order valence-electron chi connectivity index (χ1n) is 16.4. The molecule has 0 aliphatic carbocycles. The van der Waals surface area contributed by atoms with Crippen molar-refractivity contribution >= 4 is 70.4 Å². The van der Waals surface area contributed by atoms with Crippen molar-refractivity contribution in [1.29, 1.82) is 0 Å². The first kappa shape index (κ1) is 25.1. The highest BCUT2D eigenvalue weighted by Crippen LogP contribution is 2.45. The molecule has 0 bridgehead atoms. The minimum absolute atomic E-state index is 1.24. The summed E-state index contributed by atoms with van der Waals surface area (Å²) in [7, 11) is 0. The highest BCUT2D eigenvalue weighted by atomic mass is 14.9.